The van der Waals surface area contributed by atoms with Gasteiger partial charge < -0.3 is 0 Å². The third kappa shape index (κ3) is 3.03. The Balaban J connectivity index is 2.22. The molecule has 0 spiro atoms. The molecule has 0 aliphatic carbocycles. The van der Waals surface area contributed by atoms with Gasteiger partial charge in [0.2, 0.25) is 0 Å². The number of hydrogen-bond acceptors (Lipinski definition) is 3. The van der Waals surface area contributed by atoms with Crippen LogP contribution >= 0.6 is 10.3 Å². The molecule has 0 aromatic heterocycles. The summed E-state index contributed by atoms with van der Waals surface area (Å²) in [6, 6.07) is 6.82. The van der Waals surface area contributed by atoms with Gasteiger partial charge in [-0.05, 0) is 38.2 Å². The average molecular weight is 274 g/mol. The van der Waals surface area contributed by atoms with Crippen LogP contribution < -0.4 is 0 Å². The summed E-state index contributed by atoms with van der Waals surface area (Å²) in [7, 11) is -4.99. The lowest BCUT2D eigenvalue weighted by atomic mass is 10.2. The minimum absolute atomic E-state index is 0.267. The van der Waals surface area contributed by atoms with E-state index in [9.17, 15) is 8.42 Å². The first kappa shape index (κ1) is 12.9. The second-order valence-electron chi connectivity index (χ2n) is 4.63. The molecule has 2 rings (SSSR count). The van der Waals surface area contributed by atoms with Crippen LogP contribution in [0.3, 0.4) is 0 Å². The highest BCUT2D eigenvalue weighted by Gasteiger charge is 2.31. The van der Waals surface area contributed by atoms with Crippen molar-refractivity contribution >= 4 is 20.4 Å². The van der Waals surface area contributed by atoms with Gasteiger partial charge in [0.1, 0.15) is 0 Å². The zero-order chi connectivity index (χ0) is 12.5. The van der Waals surface area contributed by atoms with E-state index in [1.165, 1.54) is 0 Å². The van der Waals surface area contributed by atoms with Crippen LogP contribution in [0.2, 0.25) is 0 Å². The molecule has 3 nitrogen and oxygen atoms in total. The van der Waals surface area contributed by atoms with E-state index >= 15 is 0 Å². The van der Waals surface area contributed by atoms with E-state index < -0.39 is 20.4 Å². The molecule has 0 N–H and O–H groups in total. The molecule has 0 bridgehead atoms. The summed E-state index contributed by atoms with van der Waals surface area (Å²) in [6.07, 6.45) is 4.12. The van der Waals surface area contributed by atoms with Gasteiger partial charge in [0, 0.05) is 11.5 Å². The number of benzene rings is 1. The van der Waals surface area contributed by atoms with Crippen LogP contribution in [-0.2, 0) is 13.7 Å². The lowest BCUT2D eigenvalue weighted by Gasteiger charge is -2.28. The summed E-state index contributed by atoms with van der Waals surface area (Å²) in [5.74, 6) is 1.80. The molecule has 1 aromatic carbocycles. The third-order valence-corrected chi connectivity index (χ3v) is 8.15. The molecule has 5 heteroatoms. The number of rotatable bonds is 3. The Morgan fingerprint density at radius 1 is 1.12 bits per heavy atom. The van der Waals surface area contributed by atoms with Crippen LogP contribution in [0.1, 0.15) is 18.4 Å². The van der Waals surface area contributed by atoms with Gasteiger partial charge in [-0.2, -0.15) is 8.42 Å². The molecule has 1 aliphatic heterocycles. The van der Waals surface area contributed by atoms with E-state index in [2.05, 4.69) is 0 Å². The summed E-state index contributed by atoms with van der Waals surface area (Å²) >= 11 is 0. The fraction of sp³-hybridized carbons (Fsp3) is 0.500. The van der Waals surface area contributed by atoms with E-state index in [0.29, 0.717) is 0 Å². The molecular weight excluding hydrogens is 256 g/mol. The maximum Gasteiger partial charge on any atom is 0.306 e. The largest absolute Gasteiger partial charge is 0.306 e. The second-order valence-corrected chi connectivity index (χ2v) is 9.74. The molecule has 17 heavy (non-hydrogen) atoms. The zero-order valence-corrected chi connectivity index (χ0v) is 11.8. The van der Waals surface area contributed by atoms with Crippen LogP contribution in [0.15, 0.2) is 29.2 Å². The Morgan fingerprint density at radius 2 is 1.65 bits per heavy atom. The van der Waals surface area contributed by atoms with Crippen molar-refractivity contribution in [2.45, 2.75) is 24.7 Å². The standard InChI is InChI=1S/C12H18O3S2/c1-11-5-7-12(8-6-11)17(13,14)15-16(2)9-3-4-10-16/h5-8H,3-4,9-10H2,1-2H3. The van der Waals surface area contributed by atoms with E-state index in [1.807, 2.05) is 13.2 Å². The summed E-state index contributed by atoms with van der Waals surface area (Å²) in [5, 5.41) is 0. The van der Waals surface area contributed by atoms with Crippen molar-refractivity contribution in [1.82, 2.24) is 0 Å². The molecule has 1 aliphatic rings. The first-order valence-electron chi connectivity index (χ1n) is 5.68. The van der Waals surface area contributed by atoms with E-state index in [-0.39, 0.29) is 4.90 Å². The molecule has 1 fully saturated rings. The smallest absolute Gasteiger partial charge is 0.217 e. The van der Waals surface area contributed by atoms with Crippen molar-refractivity contribution in [3.05, 3.63) is 29.8 Å². The molecule has 0 radical (unpaired) electrons. The highest BCUT2D eigenvalue weighted by molar-refractivity contribution is 8.32. The Labute approximate surface area is 105 Å². The fourth-order valence-electron chi connectivity index (χ4n) is 1.95. The van der Waals surface area contributed by atoms with Crippen molar-refractivity contribution in [1.29, 1.82) is 0 Å². The monoisotopic (exact) mass is 274 g/mol. The van der Waals surface area contributed by atoms with E-state index in [0.717, 1.165) is 29.9 Å². The van der Waals surface area contributed by atoms with Gasteiger partial charge in [-0.3, -0.25) is 0 Å². The van der Waals surface area contributed by atoms with Gasteiger partial charge in [-0.15, -0.1) is 10.3 Å². The summed E-state index contributed by atoms with van der Waals surface area (Å²) in [6.45, 7) is 1.93. The van der Waals surface area contributed by atoms with Gasteiger partial charge in [0.05, 0.1) is 4.90 Å². The Bertz CT molecular complexity index is 485. The van der Waals surface area contributed by atoms with Crippen molar-refractivity contribution < 1.29 is 12.0 Å². The highest BCUT2D eigenvalue weighted by atomic mass is 32.3. The summed E-state index contributed by atoms with van der Waals surface area (Å²) in [4.78, 5) is 0.267. The first-order valence-corrected chi connectivity index (χ1v) is 9.39. The molecule has 1 heterocycles. The quantitative estimate of drug-likeness (QED) is 0.851. The minimum Gasteiger partial charge on any atom is -0.217 e. The van der Waals surface area contributed by atoms with E-state index in [1.54, 1.807) is 24.3 Å². The number of hydrogen-bond donors (Lipinski definition) is 0. The molecule has 0 unspecified atom stereocenters. The molecule has 0 amide bonds. The van der Waals surface area contributed by atoms with Crippen molar-refractivity contribution in [2.24, 2.45) is 0 Å². The fourth-order valence-corrected chi connectivity index (χ4v) is 6.84. The van der Waals surface area contributed by atoms with Crippen molar-refractivity contribution in [3.8, 4) is 0 Å². The first-order chi connectivity index (χ1) is 7.91. The predicted octanol–water partition coefficient (Wildman–Crippen LogP) is 2.84. The molecule has 0 atom stereocenters. The molecule has 0 saturated carbocycles. The lowest BCUT2D eigenvalue weighted by Crippen LogP contribution is -2.12. The Hall–Kier alpha value is -0.520. The Kier molecular flexibility index (Phi) is 3.52. The lowest BCUT2D eigenvalue weighted by molar-refractivity contribution is 0.511. The summed E-state index contributed by atoms with van der Waals surface area (Å²) < 4.78 is 29.7. The SMILES string of the molecule is Cc1ccc(S(=O)(=O)OS2(C)CCCC2)cc1. The van der Waals surface area contributed by atoms with Gasteiger partial charge in [0.15, 0.2) is 0 Å². The minimum atomic E-state index is -3.58. The van der Waals surface area contributed by atoms with Crippen LogP contribution in [0.5, 0.6) is 0 Å². The zero-order valence-electron chi connectivity index (χ0n) is 10.2. The number of aryl methyl sites for hydroxylation is 1. The topological polar surface area (TPSA) is 43.4 Å². The molecular formula is C12H18O3S2. The Morgan fingerprint density at radius 3 is 2.18 bits per heavy atom. The average Bonchev–Trinajstić information content (AvgIpc) is 2.64. The molecule has 1 aromatic rings. The maximum atomic E-state index is 12.1. The van der Waals surface area contributed by atoms with Crippen LogP contribution in [0.25, 0.3) is 0 Å². The van der Waals surface area contributed by atoms with Gasteiger partial charge in [0.25, 0.3) is 0 Å². The van der Waals surface area contributed by atoms with Crippen LogP contribution in [-0.4, -0.2) is 26.2 Å². The van der Waals surface area contributed by atoms with Crippen molar-refractivity contribution in [3.63, 3.8) is 0 Å². The van der Waals surface area contributed by atoms with Gasteiger partial charge >= 0.3 is 10.1 Å². The normalized spacial score (nSPS) is 21.3. The second kappa shape index (κ2) is 4.63. The predicted molar refractivity (Wildman–Crippen MR) is 71.9 cm³/mol. The third-order valence-electron chi connectivity index (χ3n) is 2.97. The molecule has 96 valence electrons. The van der Waals surface area contributed by atoms with Crippen LogP contribution in [0.4, 0.5) is 0 Å². The van der Waals surface area contributed by atoms with Crippen LogP contribution in [0, 0.1) is 6.92 Å². The van der Waals surface area contributed by atoms with E-state index in [4.69, 9.17) is 3.63 Å². The van der Waals surface area contributed by atoms with Gasteiger partial charge in [-0.1, -0.05) is 17.7 Å². The summed E-state index contributed by atoms with van der Waals surface area (Å²) in [5.41, 5.74) is 1.04. The van der Waals surface area contributed by atoms with Crippen molar-refractivity contribution in [2.75, 3.05) is 17.8 Å². The van der Waals surface area contributed by atoms with Gasteiger partial charge in [-0.25, -0.2) is 3.63 Å². The molecule has 1 saturated heterocycles. The highest BCUT2D eigenvalue weighted by Crippen LogP contribution is 2.53. The maximum absolute atomic E-state index is 12.1.